The van der Waals surface area contributed by atoms with Gasteiger partial charge >= 0.3 is 0 Å². The number of hydrogen-bond donors (Lipinski definition) is 3. The molecule has 14 rings (SSSR count). The van der Waals surface area contributed by atoms with Crippen molar-refractivity contribution in [2.45, 2.75) is 352 Å². The van der Waals surface area contributed by atoms with Crippen molar-refractivity contribution in [3.63, 3.8) is 0 Å². The molecule has 13 aromatic carbocycles. The second-order valence-corrected chi connectivity index (χ2v) is 46.7. The number of aryl methyl sites for hydroxylation is 3. The van der Waals surface area contributed by atoms with E-state index in [0.717, 1.165) is 61.9 Å². The Morgan fingerprint density at radius 2 is 0.552 bits per heavy atom. The van der Waals surface area contributed by atoms with Crippen molar-refractivity contribution >= 4 is 29.5 Å². The predicted molar refractivity (Wildman–Crippen MR) is 624 cm³/mol. The first-order valence-electron chi connectivity index (χ1n) is 53.0. The first-order valence-corrected chi connectivity index (χ1v) is 54.3. The summed E-state index contributed by atoms with van der Waals surface area (Å²) in [5, 5.41) is 34.0. The summed E-state index contributed by atoms with van der Waals surface area (Å²) < 4.78 is 17.9. The number of aliphatic hydroxyl groups is 3. The van der Waals surface area contributed by atoms with E-state index >= 15 is 0 Å². The lowest BCUT2D eigenvalue weighted by Gasteiger charge is -2.37. The number of rotatable bonds is 25. The summed E-state index contributed by atoms with van der Waals surface area (Å²) in [6.07, 6.45) is 0. The van der Waals surface area contributed by atoms with Crippen molar-refractivity contribution in [2.24, 2.45) is 0 Å². The fraction of sp³-hybridized carbons (Fsp3) is 0.422. The summed E-state index contributed by atoms with van der Waals surface area (Å²) in [5.41, 5.74) is 48.4. The third-order valence-electron chi connectivity index (χ3n) is 29.9. The quantitative estimate of drug-likeness (QED) is 0.0491. The van der Waals surface area contributed by atoms with Gasteiger partial charge in [0.1, 0.15) is 23.0 Å². The molecule has 0 saturated heterocycles. The molecule has 8 heteroatoms. The number of nitrogens with zero attached hydrogens (tertiary/aromatic N) is 1. The van der Waals surface area contributed by atoms with Crippen LogP contribution in [0.5, 0.6) is 23.0 Å². The molecule has 0 fully saturated rings. The Labute approximate surface area is 868 Å². The van der Waals surface area contributed by atoms with Crippen LogP contribution < -0.4 is 35.0 Å². The van der Waals surface area contributed by atoms with Crippen LogP contribution in [0.3, 0.4) is 0 Å². The molecule has 0 saturated carbocycles. The Morgan fingerprint density at radius 3 is 0.846 bits per heavy atom. The van der Waals surface area contributed by atoms with Gasteiger partial charge in [0, 0.05) is 41.6 Å². The molecule has 13 aromatic rings. The van der Waals surface area contributed by atoms with Gasteiger partial charge in [0.25, 0.3) is 0 Å². The molecule has 1 heterocycles. The van der Waals surface area contributed by atoms with E-state index < -0.39 is 7.92 Å². The van der Waals surface area contributed by atoms with E-state index in [1.54, 1.807) is 14.2 Å². The number of hydrogen-bond acceptors (Lipinski definition) is 7. The van der Waals surface area contributed by atoms with Crippen LogP contribution in [-0.4, -0.2) is 43.6 Å². The van der Waals surface area contributed by atoms with Gasteiger partial charge in [-0.05, 0) is 373 Å². The monoisotopic (exact) mass is 1940 g/mol. The van der Waals surface area contributed by atoms with Gasteiger partial charge in [-0.15, -0.1) is 0 Å². The lowest BCUT2D eigenvalue weighted by Crippen LogP contribution is -2.30. The Kier molecular flexibility index (Phi) is 41.3. The number of para-hydroxylation sites is 3. The number of ether oxygens (including phenoxy) is 3. The van der Waals surface area contributed by atoms with Crippen molar-refractivity contribution in [3.05, 3.63) is 362 Å². The summed E-state index contributed by atoms with van der Waals surface area (Å²) in [6.45, 7) is 83.6. The van der Waals surface area contributed by atoms with E-state index in [4.69, 9.17) is 14.2 Å². The first-order chi connectivity index (χ1) is 67.4. The summed E-state index contributed by atoms with van der Waals surface area (Å²) in [4.78, 5) is 2.12. The number of benzene rings is 13. The van der Waals surface area contributed by atoms with Gasteiger partial charge < -0.3 is 34.4 Å². The second-order valence-electron chi connectivity index (χ2n) is 44.5. The molecule has 0 radical (unpaired) electrons. The van der Waals surface area contributed by atoms with Crippen LogP contribution in [0.1, 0.15) is 407 Å². The van der Waals surface area contributed by atoms with E-state index in [1.165, 1.54) is 183 Å². The molecule has 3 N–H and O–H groups in total. The first kappa shape index (κ1) is 116. The zero-order chi connectivity index (χ0) is 106. The van der Waals surface area contributed by atoms with Crippen molar-refractivity contribution < 1.29 is 29.5 Å². The van der Waals surface area contributed by atoms with Gasteiger partial charge in [0.2, 0.25) is 0 Å². The Balaban J connectivity index is 0.000000195. The van der Waals surface area contributed by atoms with Gasteiger partial charge in [-0.1, -0.05) is 368 Å². The molecule has 1 aliphatic rings. The zero-order valence-corrected chi connectivity index (χ0v) is 96.5. The number of anilines is 1. The average molecular weight is 1940 g/mol. The molecule has 0 aromatic heterocycles. The van der Waals surface area contributed by atoms with Crippen molar-refractivity contribution in [2.75, 3.05) is 33.2 Å². The van der Waals surface area contributed by atoms with Crippen LogP contribution in [0.25, 0.3) is 44.5 Å². The smallest absolute Gasteiger partial charge is 0.139 e. The van der Waals surface area contributed by atoms with Gasteiger partial charge in [0.15, 0.2) is 0 Å². The minimum absolute atomic E-state index is 0.0289. The van der Waals surface area contributed by atoms with Crippen LogP contribution in [0, 0.1) is 76.2 Å². The maximum Gasteiger partial charge on any atom is 0.139 e. The molecule has 0 bridgehead atoms. The van der Waals surface area contributed by atoms with E-state index in [-0.39, 0.29) is 25.2 Å². The topological polar surface area (TPSA) is 91.6 Å². The summed E-state index contributed by atoms with van der Waals surface area (Å²) in [6, 6.07) is 74.4. The average Bonchev–Trinajstić information content (AvgIpc) is 0.726. The maximum absolute atomic E-state index is 10.0. The van der Waals surface area contributed by atoms with Crippen LogP contribution in [0.15, 0.2) is 206 Å². The SMILES string of the molecule is COc1ccc(CO)c(-c2c(C(C)C)cc(C(C)C)cc2C(C)C)c1C.COc1ccc(CO)c(-c2c(C(C)C)cc(C(C)C)cc2C(C)C)c1C.Cc1c(C)c(C)c(-c2c(C(C)C)cc(C(C)C)cc2C(C)C)c(C)c1C.Cc1ccc(CO)c(-c2c(C(C)C)cc(C(C)C)cc2C(C)C)c1C.Cc1cccc2c1Oc1c(P(c3ccccc3)c3ccccc3)cccc1C2(C)C.Cc1ccccc1N(C)C. The van der Waals surface area contributed by atoms with E-state index in [2.05, 4.69) is 457 Å². The van der Waals surface area contributed by atoms with Crippen LogP contribution in [-0.2, 0) is 25.2 Å². The summed E-state index contributed by atoms with van der Waals surface area (Å²) in [7, 11) is 6.81. The van der Waals surface area contributed by atoms with Crippen molar-refractivity contribution in [3.8, 4) is 67.5 Å². The fourth-order valence-electron chi connectivity index (χ4n) is 20.6. The van der Waals surface area contributed by atoms with Gasteiger partial charge in [-0.25, -0.2) is 0 Å². The third kappa shape index (κ3) is 26.3. The van der Waals surface area contributed by atoms with Crippen LogP contribution in [0.2, 0.25) is 0 Å². The number of aliphatic hydroxyl groups excluding tert-OH is 3. The standard InChI is InChI=1S/C28H25OP.C26H38.2C24H34O2.C24H34O.C9H13N/c1-20-12-10-17-23-26(20)29-27-24(28(23,2)3)18-11-19-25(27)30(21-13-6-4-7-14-21)22-15-8-5-9-16-22;1-14(2)22-12-23(15(3)4)26(24(13-22)16(5)6)25-20(10)18(8)17(7)19(9)21(25)11;2*1-14(2)19-11-20(15(3)4)24(21(12-19)16(5)6)23-17(7)22(26-8)10-9-18(23)13-25;1-14(2)20-11-21(15(3)4)24(22(12-20)16(5)6)23-18(8)17(7)9-10-19(23)13-25;1-8-6-4-5-7-9(8)10(2)3/h4-19H,1-3H3;12-16H,1-11H3;2*9-12,14-16,25H,13H2,1-8H3;9-12,14-16,25H,13H2,1-8H3;4-7H,1-3H3. The highest BCUT2D eigenvalue weighted by atomic mass is 31.1. The normalized spacial score (nSPS) is 12.1. The van der Waals surface area contributed by atoms with E-state index in [9.17, 15) is 15.3 Å². The van der Waals surface area contributed by atoms with E-state index in [1.807, 2.05) is 24.3 Å². The van der Waals surface area contributed by atoms with Crippen LogP contribution >= 0.6 is 7.92 Å². The van der Waals surface area contributed by atoms with Crippen molar-refractivity contribution in [1.82, 2.24) is 0 Å². The van der Waals surface area contributed by atoms with Crippen molar-refractivity contribution in [1.29, 1.82) is 0 Å². The Hall–Kier alpha value is -10.6. The number of fused-ring (bicyclic) bond motifs is 2. The molecular formula is C135H178NO6P. The minimum atomic E-state index is -0.726. The Bertz CT molecular complexity index is 6160. The molecule has 0 unspecified atom stereocenters. The summed E-state index contributed by atoms with van der Waals surface area (Å²) in [5.74, 6) is 9.35. The zero-order valence-electron chi connectivity index (χ0n) is 95.6. The molecule has 0 amide bonds. The van der Waals surface area contributed by atoms with Crippen LogP contribution in [0.4, 0.5) is 5.69 Å². The largest absolute Gasteiger partial charge is 0.496 e. The minimum Gasteiger partial charge on any atom is -0.496 e. The summed E-state index contributed by atoms with van der Waals surface area (Å²) >= 11 is 0. The highest BCUT2D eigenvalue weighted by Crippen LogP contribution is 2.54. The molecule has 0 spiro atoms. The lowest BCUT2D eigenvalue weighted by atomic mass is 9.75. The fourth-order valence-corrected chi connectivity index (χ4v) is 23.0. The van der Waals surface area contributed by atoms with Gasteiger partial charge in [0.05, 0.1) is 34.0 Å². The maximum atomic E-state index is 10.0. The molecule has 0 aliphatic carbocycles. The lowest BCUT2D eigenvalue weighted by molar-refractivity contribution is 0.282. The molecule has 764 valence electrons. The highest BCUT2D eigenvalue weighted by Gasteiger charge is 2.39. The van der Waals surface area contributed by atoms with E-state index in [0.29, 0.717) is 71.0 Å². The second kappa shape index (κ2) is 50.9. The molecule has 7 nitrogen and oxygen atoms in total. The molecule has 1 aliphatic heterocycles. The molecule has 143 heavy (non-hydrogen) atoms. The van der Waals surface area contributed by atoms with Gasteiger partial charge in [-0.2, -0.15) is 0 Å². The Morgan fingerprint density at radius 1 is 0.273 bits per heavy atom. The molecular weight excluding hydrogens is 1760 g/mol. The molecule has 0 atom stereocenters. The highest BCUT2D eigenvalue weighted by molar-refractivity contribution is 7.80. The third-order valence-corrected chi connectivity index (χ3v) is 32.4. The number of methoxy groups -OCH3 is 2. The van der Waals surface area contributed by atoms with Gasteiger partial charge in [-0.3, -0.25) is 0 Å². The predicted octanol–water partition coefficient (Wildman–Crippen LogP) is 36.4.